The summed E-state index contributed by atoms with van der Waals surface area (Å²) < 4.78 is 60.2. The number of esters is 10. The fourth-order valence-electron chi connectivity index (χ4n) is 32.3. The molecular formula is C120H140O20. The van der Waals surface area contributed by atoms with Gasteiger partial charge in [-0.2, -0.15) is 0 Å². The minimum Gasteiger partial charge on any atom is -0.450 e. The molecule has 140 heavy (non-hydrogen) atoms. The minimum absolute atomic E-state index is 0.0181. The highest BCUT2D eigenvalue weighted by Crippen LogP contribution is 2.76. The number of allylic oxidation sites excluding steroid dienone is 16. The van der Waals surface area contributed by atoms with Crippen LogP contribution in [0.1, 0.15) is 326 Å². The van der Waals surface area contributed by atoms with Crippen LogP contribution in [0.2, 0.25) is 0 Å². The zero-order valence-corrected chi connectivity index (χ0v) is 83.8. The van der Waals surface area contributed by atoms with Crippen molar-refractivity contribution in [2.75, 3.05) is 0 Å². The molecule has 10 unspecified atom stereocenters. The molecule has 740 valence electrons. The zero-order chi connectivity index (χ0) is 97.4. The number of unbranched alkanes of at least 4 members (excludes halogenated alkanes) is 5. The summed E-state index contributed by atoms with van der Waals surface area (Å²) in [5.74, 6) is 4.57. The van der Waals surface area contributed by atoms with Gasteiger partial charge in [0.25, 0.3) is 0 Å². The molecule has 0 aromatic heterocycles. The monoisotopic (exact) mass is 1900 g/mol. The highest BCUT2D eigenvalue weighted by molar-refractivity contribution is 6.05. The highest BCUT2D eigenvalue weighted by atomic mass is 16.6. The SMILES string of the molecule is CCC/C=C1\OC(=O)C2=C1CCC1C(CCC)C3(OC(=O)C4=C3CCC=C4)C21.CCC/C=C1\OC(=O)C2=C1CCC1C2[C@@]23CC[C@@H]1C=C2C(=O)O/C3=C\CCC.CCC/C=C1\OC(=O)C2=C1CC[C@H]1[C@@H]2[C@@]2(OC(=O)C3=C2CCC=C3)[C@H]1CCC.CCC/C=C1\OC(=O)C2=C[C@H]3CC[C@]21[C@@H](CCC)[C@]31OC(=O)C2=C1CCC=C2.CCCC1C(CCC)C2(OC(=O)C3=C2CCC=C3)C12OC(=O)C1=C2CCC=C1. The molecule has 27 rings (SSSR count). The van der Waals surface area contributed by atoms with Crippen LogP contribution in [0.3, 0.4) is 0 Å². The lowest BCUT2D eigenvalue weighted by atomic mass is 9.43. The van der Waals surface area contributed by atoms with Crippen molar-refractivity contribution < 1.29 is 95.3 Å². The van der Waals surface area contributed by atoms with Crippen molar-refractivity contribution in [3.05, 3.63) is 232 Å². The first-order chi connectivity index (χ1) is 68.1. The maximum atomic E-state index is 13.0. The number of carbonyl (C=O) groups is 10. The van der Waals surface area contributed by atoms with Gasteiger partial charge >= 0.3 is 59.7 Å². The Morgan fingerprint density at radius 2 is 0.636 bits per heavy atom. The molecule has 27 aliphatic rings. The van der Waals surface area contributed by atoms with Gasteiger partial charge in [-0.05, 0) is 275 Å². The molecule has 2 saturated heterocycles. The molecule has 4 bridgehead atoms. The number of hydrogen-bond donors (Lipinski definition) is 0. The topological polar surface area (TPSA) is 263 Å². The predicted octanol–water partition coefficient (Wildman–Crippen LogP) is 24.6. The number of hydrogen-bond acceptors (Lipinski definition) is 20. The fourth-order valence-corrected chi connectivity index (χ4v) is 32.3. The fraction of sp³-hybridized carbons (Fsp3) is 0.583. The van der Waals surface area contributed by atoms with E-state index in [-0.39, 0.29) is 101 Å². The number of carbonyl (C=O) groups excluding carboxylic acids is 10. The molecule has 10 heterocycles. The third-order valence-electron chi connectivity index (χ3n) is 37.2. The third-order valence-corrected chi connectivity index (χ3v) is 37.2. The quantitative estimate of drug-likeness (QED) is 0.0810. The molecule has 17 aliphatic carbocycles. The molecule has 7 fully saturated rings. The number of rotatable bonds is 20. The van der Waals surface area contributed by atoms with E-state index in [1.165, 1.54) is 5.57 Å². The molecular weight excluding hydrogens is 1760 g/mol. The van der Waals surface area contributed by atoms with Crippen LogP contribution in [0.25, 0.3) is 0 Å². The van der Waals surface area contributed by atoms with Crippen molar-refractivity contribution in [3.63, 3.8) is 0 Å². The van der Waals surface area contributed by atoms with Crippen molar-refractivity contribution in [2.24, 2.45) is 87.8 Å². The molecule has 0 N–H and O–H groups in total. The van der Waals surface area contributed by atoms with Crippen LogP contribution in [0.5, 0.6) is 0 Å². The second-order valence-corrected chi connectivity index (χ2v) is 43.8. The van der Waals surface area contributed by atoms with Crippen molar-refractivity contribution in [2.45, 2.75) is 354 Å². The van der Waals surface area contributed by atoms with Gasteiger partial charge in [-0.3, -0.25) is 0 Å². The maximum Gasteiger partial charge on any atom is 0.340 e. The number of ether oxygens (including phenoxy) is 10. The normalized spacial score (nSPS) is 38.0. The smallest absolute Gasteiger partial charge is 0.340 e. The van der Waals surface area contributed by atoms with Gasteiger partial charge in [0.15, 0.2) is 11.2 Å². The van der Waals surface area contributed by atoms with Crippen LogP contribution in [0, 0.1) is 87.8 Å². The van der Waals surface area contributed by atoms with Crippen molar-refractivity contribution in [1.82, 2.24) is 0 Å². The summed E-state index contributed by atoms with van der Waals surface area (Å²) in [6, 6.07) is 0. The van der Waals surface area contributed by atoms with E-state index in [9.17, 15) is 47.9 Å². The molecule has 5 saturated carbocycles. The summed E-state index contributed by atoms with van der Waals surface area (Å²) in [6.45, 7) is 21.6. The minimum atomic E-state index is -0.794. The zero-order valence-electron chi connectivity index (χ0n) is 83.8. The van der Waals surface area contributed by atoms with E-state index < -0.39 is 38.8 Å². The van der Waals surface area contributed by atoms with Crippen molar-refractivity contribution in [1.29, 1.82) is 0 Å². The van der Waals surface area contributed by atoms with E-state index in [1.54, 1.807) is 0 Å². The van der Waals surface area contributed by atoms with Crippen molar-refractivity contribution >= 4 is 59.7 Å². The van der Waals surface area contributed by atoms with Gasteiger partial charge in [-0.15, -0.1) is 0 Å². The van der Waals surface area contributed by atoms with Crippen LogP contribution >= 0.6 is 0 Å². The van der Waals surface area contributed by atoms with Crippen LogP contribution in [0.4, 0.5) is 0 Å². The van der Waals surface area contributed by atoms with E-state index in [0.717, 1.165) is 369 Å². The van der Waals surface area contributed by atoms with Gasteiger partial charge < -0.3 is 47.4 Å². The standard InChI is InChI=1S/5C24H28O4/c1-3-9-19-20(10-4-2)24(18-14-8-6-12-16(18)22(26)28-24)23(19)17-13-7-5-11-15(17)21(25)27-23;1-3-5-11-20-23-13-12-15(14-18(23)22(26)27-20)24(19(23)8-4-2)17-10-7-6-9-16(17)21(25)28-24;2*1-3-5-11-19-16-13-12-14-17(8-4-2)24(21(14)20(16)23(26)27-19)18-10-7-6-9-15(18)22(25)28-24;1-3-5-7-18-16-10-9-15-14-11-12-24(21(15)20(16)23(26)27-18)17(13-14)22(25)28-19(24)8-6-4-2/h5-6,11-12,19-20H,3-4,7-10,13-14H2,1-2H3;6,9,11,14-15,19H,3-5,7-8,10,12-13H2,1-2H3;2*6,9,11,14,17,21H,3-5,7-8,10,12-13H2,1-2H3;7-8,13-15,21H,3-6,9-12H2,1-2H3/b;20-11-;2*19-11-;18-7-,19-8-/t;15-,19-,23-,24+;14-,17+,21+,24-;;14-,15?,21?,24+/m.11.1/s1. The first-order valence-electron chi connectivity index (χ1n) is 54.5. The summed E-state index contributed by atoms with van der Waals surface area (Å²) in [7, 11) is 0. The Labute approximate surface area is 824 Å². The molecule has 20 heteroatoms. The summed E-state index contributed by atoms with van der Waals surface area (Å²) in [4.78, 5) is 129. The van der Waals surface area contributed by atoms with E-state index in [4.69, 9.17) is 47.4 Å². The van der Waals surface area contributed by atoms with Gasteiger partial charge in [-0.1, -0.05) is 206 Å². The third kappa shape index (κ3) is 13.7. The van der Waals surface area contributed by atoms with E-state index in [1.807, 2.05) is 30.4 Å². The highest BCUT2D eigenvalue weighted by Gasteiger charge is 2.83. The molecule has 20 atom stereocenters. The Kier molecular flexibility index (Phi) is 25.5. The molecule has 20 nitrogen and oxygen atoms in total. The summed E-state index contributed by atoms with van der Waals surface area (Å²) >= 11 is 0. The van der Waals surface area contributed by atoms with E-state index >= 15 is 0 Å². The second-order valence-electron chi connectivity index (χ2n) is 43.8. The Balaban J connectivity index is 0.000000104. The summed E-state index contributed by atoms with van der Waals surface area (Å²) in [5.41, 5.74) is 12.3. The van der Waals surface area contributed by atoms with E-state index in [0.29, 0.717) is 46.7 Å². The van der Waals surface area contributed by atoms with Crippen LogP contribution in [-0.4, -0.2) is 87.7 Å². The molecule has 0 aromatic carbocycles. The first-order valence-corrected chi connectivity index (χ1v) is 54.5. The van der Waals surface area contributed by atoms with Gasteiger partial charge in [0, 0.05) is 86.7 Å². The Morgan fingerprint density at radius 3 is 1.04 bits per heavy atom. The number of cyclic esters (lactones) is 5. The van der Waals surface area contributed by atoms with E-state index in [2.05, 4.69) is 142 Å². The summed E-state index contributed by atoms with van der Waals surface area (Å²) in [5, 5.41) is 0. The van der Waals surface area contributed by atoms with Gasteiger partial charge in [-0.25, -0.2) is 47.9 Å². The second kappa shape index (κ2) is 37.3. The molecule has 7 spiro atoms. The average Bonchev–Trinajstić information content (AvgIpc) is 1.38. The Morgan fingerprint density at radius 1 is 0.300 bits per heavy atom. The maximum absolute atomic E-state index is 13.0. The molecule has 0 radical (unpaired) electrons. The summed E-state index contributed by atoms with van der Waals surface area (Å²) in [6.07, 6.45) is 72.9. The van der Waals surface area contributed by atoms with Gasteiger partial charge in [0.1, 0.15) is 45.6 Å². The number of fused-ring (bicyclic) bond motifs is 13. The van der Waals surface area contributed by atoms with Crippen LogP contribution in [0.15, 0.2) is 232 Å². The van der Waals surface area contributed by atoms with Gasteiger partial charge in [0.2, 0.25) is 0 Å². The van der Waals surface area contributed by atoms with Crippen LogP contribution < -0.4 is 0 Å². The lowest BCUT2D eigenvalue weighted by Gasteiger charge is -2.65. The lowest BCUT2D eigenvalue weighted by molar-refractivity contribution is -0.275. The Bertz CT molecular complexity index is 5810. The lowest BCUT2D eigenvalue weighted by Crippen LogP contribution is -2.77. The van der Waals surface area contributed by atoms with Crippen LogP contribution in [-0.2, 0) is 95.3 Å². The largest absolute Gasteiger partial charge is 0.450 e. The van der Waals surface area contributed by atoms with Gasteiger partial charge in [0.05, 0.1) is 49.8 Å². The first kappa shape index (κ1) is 95.7. The molecule has 0 amide bonds. The Hall–Kier alpha value is -10.5. The molecule has 10 aliphatic heterocycles. The molecule has 0 aromatic rings. The predicted molar refractivity (Wildman–Crippen MR) is 525 cm³/mol. The van der Waals surface area contributed by atoms with Crippen molar-refractivity contribution in [3.8, 4) is 0 Å². The average molecular weight is 1900 g/mol.